The first kappa shape index (κ1) is 24.8. The molecule has 3 aromatic carbocycles. The van der Waals surface area contributed by atoms with Crippen molar-refractivity contribution < 1.29 is 24.2 Å². The van der Waals surface area contributed by atoms with Gasteiger partial charge in [-0.2, -0.15) is 0 Å². The Morgan fingerprint density at radius 1 is 0.868 bits per heavy atom. The van der Waals surface area contributed by atoms with E-state index in [1.54, 1.807) is 60.8 Å². The number of aromatic nitrogens is 1. The molecule has 1 fully saturated rings. The van der Waals surface area contributed by atoms with Gasteiger partial charge in [0.15, 0.2) is 0 Å². The van der Waals surface area contributed by atoms with Gasteiger partial charge in [0, 0.05) is 11.8 Å². The summed E-state index contributed by atoms with van der Waals surface area (Å²) in [4.78, 5) is 32.5. The summed E-state index contributed by atoms with van der Waals surface area (Å²) in [5.41, 5.74) is 1.62. The van der Waals surface area contributed by atoms with Crippen LogP contribution in [0.5, 0.6) is 17.2 Å². The first-order chi connectivity index (χ1) is 18.5. The third-order valence-corrected chi connectivity index (χ3v) is 6.17. The van der Waals surface area contributed by atoms with E-state index in [1.165, 1.54) is 4.90 Å². The Morgan fingerprint density at radius 3 is 2.37 bits per heavy atom. The number of para-hydroxylation sites is 1. The Kier molecular flexibility index (Phi) is 7.17. The largest absolute Gasteiger partial charge is 0.507 e. The third-order valence-electron chi connectivity index (χ3n) is 6.17. The molecule has 4 aromatic rings. The Balaban J connectivity index is 1.61. The molecule has 1 aromatic heterocycles. The molecule has 0 saturated carbocycles. The van der Waals surface area contributed by atoms with Gasteiger partial charge < -0.3 is 19.5 Å². The van der Waals surface area contributed by atoms with Crippen LogP contribution in [0.3, 0.4) is 0 Å². The second-order valence-corrected chi connectivity index (χ2v) is 8.70. The SMILES string of the molecule is CCOc1cccc(/C(O)=C2/C(=O)C(=O)N(Cc3ccccn3)C2c2cccc(Oc3ccccc3)c2)c1. The molecule has 0 spiro atoms. The van der Waals surface area contributed by atoms with Crippen LogP contribution in [0.1, 0.15) is 29.8 Å². The predicted octanol–water partition coefficient (Wildman–Crippen LogP) is 5.89. The van der Waals surface area contributed by atoms with Crippen LogP contribution in [0.15, 0.2) is 109 Å². The number of carbonyl (C=O) groups is 2. The molecular weight excluding hydrogens is 480 g/mol. The van der Waals surface area contributed by atoms with Crippen LogP contribution in [0.4, 0.5) is 0 Å². The molecule has 38 heavy (non-hydrogen) atoms. The van der Waals surface area contributed by atoms with Gasteiger partial charge in [0.2, 0.25) is 0 Å². The minimum Gasteiger partial charge on any atom is -0.507 e. The average molecular weight is 507 g/mol. The zero-order valence-corrected chi connectivity index (χ0v) is 20.8. The third kappa shape index (κ3) is 5.13. The number of amides is 1. The van der Waals surface area contributed by atoms with Gasteiger partial charge in [-0.25, -0.2) is 0 Å². The van der Waals surface area contributed by atoms with Crippen molar-refractivity contribution in [2.45, 2.75) is 19.5 Å². The lowest BCUT2D eigenvalue weighted by Crippen LogP contribution is -2.29. The zero-order chi connectivity index (χ0) is 26.5. The number of hydrogen-bond acceptors (Lipinski definition) is 6. The molecule has 1 atom stereocenters. The van der Waals surface area contributed by atoms with Gasteiger partial charge in [0.05, 0.1) is 30.5 Å². The summed E-state index contributed by atoms with van der Waals surface area (Å²) in [6.45, 7) is 2.41. The Morgan fingerprint density at radius 2 is 1.61 bits per heavy atom. The molecule has 0 bridgehead atoms. The monoisotopic (exact) mass is 506 g/mol. The van der Waals surface area contributed by atoms with Crippen molar-refractivity contribution in [2.24, 2.45) is 0 Å². The number of hydrogen-bond donors (Lipinski definition) is 1. The van der Waals surface area contributed by atoms with E-state index >= 15 is 0 Å². The molecule has 1 aliphatic heterocycles. The maximum Gasteiger partial charge on any atom is 0.296 e. The maximum absolute atomic E-state index is 13.4. The molecule has 0 aliphatic carbocycles. The highest BCUT2D eigenvalue weighted by Gasteiger charge is 2.46. The lowest BCUT2D eigenvalue weighted by molar-refractivity contribution is -0.140. The quantitative estimate of drug-likeness (QED) is 0.182. The van der Waals surface area contributed by atoms with E-state index in [-0.39, 0.29) is 17.9 Å². The Bertz CT molecular complexity index is 1480. The summed E-state index contributed by atoms with van der Waals surface area (Å²) in [5.74, 6) is -0.00515. The van der Waals surface area contributed by atoms with Gasteiger partial charge in [-0.3, -0.25) is 14.6 Å². The van der Waals surface area contributed by atoms with E-state index in [2.05, 4.69) is 4.98 Å². The smallest absolute Gasteiger partial charge is 0.296 e. The van der Waals surface area contributed by atoms with Crippen molar-refractivity contribution in [3.8, 4) is 17.2 Å². The highest BCUT2D eigenvalue weighted by Crippen LogP contribution is 2.41. The molecule has 2 heterocycles. The number of benzene rings is 3. The molecule has 1 unspecified atom stereocenters. The molecule has 5 rings (SSSR count). The molecular formula is C31H26N2O5. The summed E-state index contributed by atoms with van der Waals surface area (Å²) in [6, 6.07) is 27.9. The number of pyridine rings is 1. The van der Waals surface area contributed by atoms with Gasteiger partial charge in [-0.1, -0.05) is 48.5 Å². The number of aliphatic hydroxyl groups excluding tert-OH is 1. The second-order valence-electron chi connectivity index (χ2n) is 8.70. The van der Waals surface area contributed by atoms with Crippen LogP contribution >= 0.6 is 0 Å². The topological polar surface area (TPSA) is 89.0 Å². The standard InChI is InChI=1S/C31H26N2O5/c1-2-37-25-15-9-11-22(19-25)29(34)27-28(33(31(36)30(27)35)20-23-12-6-7-17-32-23)21-10-8-16-26(18-21)38-24-13-4-3-5-14-24/h3-19,28,34H,2,20H2,1H3/b29-27-. The van der Waals surface area contributed by atoms with E-state index in [0.29, 0.717) is 40.7 Å². The number of ketones is 1. The summed E-state index contributed by atoms with van der Waals surface area (Å²) < 4.78 is 11.6. The highest BCUT2D eigenvalue weighted by atomic mass is 16.5. The number of likely N-dealkylation sites (tertiary alicyclic amines) is 1. The van der Waals surface area contributed by atoms with Gasteiger partial charge in [0.25, 0.3) is 11.7 Å². The number of Topliss-reactive ketones (excluding diaryl/α,β-unsaturated/α-hetero) is 1. The van der Waals surface area contributed by atoms with Crippen LogP contribution in [0, 0.1) is 0 Å². The first-order valence-corrected chi connectivity index (χ1v) is 12.3. The van der Waals surface area contributed by atoms with Crippen molar-refractivity contribution in [1.29, 1.82) is 0 Å². The van der Waals surface area contributed by atoms with Crippen molar-refractivity contribution in [3.63, 3.8) is 0 Å². The first-order valence-electron chi connectivity index (χ1n) is 12.3. The van der Waals surface area contributed by atoms with Crippen LogP contribution < -0.4 is 9.47 Å². The van der Waals surface area contributed by atoms with Crippen LogP contribution in [-0.2, 0) is 16.1 Å². The summed E-state index contributed by atoms with van der Waals surface area (Å²) in [7, 11) is 0. The number of rotatable bonds is 8. The molecule has 1 amide bonds. The Labute approximate surface area is 220 Å². The van der Waals surface area contributed by atoms with Gasteiger partial charge in [0.1, 0.15) is 23.0 Å². The Hall–Kier alpha value is -4.91. The zero-order valence-electron chi connectivity index (χ0n) is 20.8. The summed E-state index contributed by atoms with van der Waals surface area (Å²) >= 11 is 0. The van der Waals surface area contributed by atoms with Crippen LogP contribution in [0.25, 0.3) is 5.76 Å². The van der Waals surface area contributed by atoms with Crippen molar-refractivity contribution >= 4 is 17.4 Å². The number of nitrogens with zero attached hydrogens (tertiary/aromatic N) is 2. The van der Waals surface area contributed by atoms with Gasteiger partial charge in [-0.15, -0.1) is 0 Å². The van der Waals surface area contributed by atoms with Gasteiger partial charge >= 0.3 is 0 Å². The molecule has 1 N–H and O–H groups in total. The number of carbonyl (C=O) groups excluding carboxylic acids is 2. The summed E-state index contributed by atoms with van der Waals surface area (Å²) in [6.07, 6.45) is 1.63. The summed E-state index contributed by atoms with van der Waals surface area (Å²) in [5, 5.41) is 11.4. The fourth-order valence-electron chi connectivity index (χ4n) is 4.48. The van der Waals surface area contributed by atoms with E-state index in [4.69, 9.17) is 9.47 Å². The highest BCUT2D eigenvalue weighted by molar-refractivity contribution is 6.46. The van der Waals surface area contributed by atoms with E-state index in [0.717, 1.165) is 0 Å². The molecule has 1 aliphatic rings. The van der Waals surface area contributed by atoms with Crippen molar-refractivity contribution in [2.75, 3.05) is 6.61 Å². The molecule has 7 nitrogen and oxygen atoms in total. The lowest BCUT2D eigenvalue weighted by Gasteiger charge is -2.25. The molecule has 190 valence electrons. The number of ether oxygens (including phenoxy) is 2. The number of aliphatic hydroxyl groups is 1. The van der Waals surface area contributed by atoms with E-state index < -0.39 is 17.7 Å². The van der Waals surface area contributed by atoms with Crippen molar-refractivity contribution in [3.05, 3.63) is 126 Å². The predicted molar refractivity (Wildman–Crippen MR) is 143 cm³/mol. The molecule has 0 radical (unpaired) electrons. The average Bonchev–Trinajstić information content (AvgIpc) is 3.19. The lowest BCUT2D eigenvalue weighted by atomic mass is 9.95. The van der Waals surface area contributed by atoms with Crippen LogP contribution in [0.2, 0.25) is 0 Å². The van der Waals surface area contributed by atoms with E-state index in [9.17, 15) is 14.7 Å². The fourth-order valence-corrected chi connectivity index (χ4v) is 4.48. The molecule has 1 saturated heterocycles. The van der Waals surface area contributed by atoms with Crippen molar-refractivity contribution in [1.82, 2.24) is 9.88 Å². The van der Waals surface area contributed by atoms with Gasteiger partial charge in [-0.05, 0) is 61.0 Å². The maximum atomic E-state index is 13.4. The fraction of sp³-hybridized carbons (Fsp3) is 0.129. The van der Waals surface area contributed by atoms with E-state index in [1.807, 2.05) is 49.4 Å². The minimum absolute atomic E-state index is 0.00330. The van der Waals surface area contributed by atoms with Crippen LogP contribution in [-0.4, -0.2) is 33.3 Å². The second kappa shape index (κ2) is 11.0. The minimum atomic E-state index is -0.855. The normalized spacial score (nSPS) is 16.4. The molecule has 7 heteroatoms.